The molecule has 0 saturated heterocycles. The number of rotatable bonds is 4. The molecular formula is C16H13ClF4N2O4. The normalized spacial score (nSPS) is 12.6. The molecule has 0 amide bonds. The highest BCUT2D eigenvalue weighted by Gasteiger charge is 2.35. The fraction of sp³-hybridized carbons (Fsp3) is 0.312. The molecule has 0 aliphatic carbocycles. The van der Waals surface area contributed by atoms with Gasteiger partial charge in [0.2, 0.25) is 0 Å². The highest BCUT2D eigenvalue weighted by molar-refractivity contribution is 6.32. The molecule has 0 bridgehead atoms. The molecule has 2 aromatic rings. The third-order valence-corrected chi connectivity index (χ3v) is 3.88. The van der Waals surface area contributed by atoms with Gasteiger partial charge in [-0.15, -0.1) is 0 Å². The van der Waals surface area contributed by atoms with Crippen molar-refractivity contribution in [3.63, 3.8) is 0 Å². The summed E-state index contributed by atoms with van der Waals surface area (Å²) in [5.41, 5.74) is -3.46. The summed E-state index contributed by atoms with van der Waals surface area (Å²) in [5.74, 6) is -1.90. The van der Waals surface area contributed by atoms with Gasteiger partial charge in [0.25, 0.3) is 5.56 Å². The highest BCUT2D eigenvalue weighted by atomic mass is 35.5. The Bertz CT molecular complexity index is 943. The zero-order chi connectivity index (χ0) is 20.5. The molecule has 146 valence electrons. The third-order valence-electron chi connectivity index (χ3n) is 3.59. The number of hydrogen-bond donors (Lipinski definition) is 0. The second kappa shape index (κ2) is 7.55. The molecule has 1 aromatic carbocycles. The second-order valence-corrected chi connectivity index (χ2v) is 5.81. The minimum absolute atomic E-state index is 0.172. The van der Waals surface area contributed by atoms with Crippen LogP contribution in [0.2, 0.25) is 5.02 Å². The fourth-order valence-electron chi connectivity index (χ4n) is 2.19. The monoisotopic (exact) mass is 408 g/mol. The summed E-state index contributed by atoms with van der Waals surface area (Å²) in [6, 6.07) is 1.78. The van der Waals surface area contributed by atoms with Gasteiger partial charge < -0.3 is 14.0 Å². The number of halogens is 5. The van der Waals surface area contributed by atoms with E-state index < -0.39 is 46.6 Å². The lowest BCUT2D eigenvalue weighted by atomic mass is 10.1. The average molecular weight is 409 g/mol. The van der Waals surface area contributed by atoms with Gasteiger partial charge in [-0.1, -0.05) is 11.6 Å². The number of benzene rings is 1. The number of carbonyl (C=O) groups is 1. The van der Waals surface area contributed by atoms with Gasteiger partial charge in [0.05, 0.1) is 18.3 Å². The van der Waals surface area contributed by atoms with E-state index in [4.69, 9.17) is 16.3 Å². The molecule has 0 aliphatic heterocycles. The zero-order valence-electron chi connectivity index (χ0n) is 14.2. The van der Waals surface area contributed by atoms with E-state index in [1.54, 1.807) is 0 Å². The Morgan fingerprint density at radius 1 is 1.33 bits per heavy atom. The van der Waals surface area contributed by atoms with Crippen LogP contribution in [0.1, 0.15) is 12.6 Å². The molecule has 0 radical (unpaired) electrons. The molecule has 1 atom stereocenters. The van der Waals surface area contributed by atoms with Gasteiger partial charge in [0, 0.05) is 12.6 Å². The molecular weight excluding hydrogens is 396 g/mol. The summed E-state index contributed by atoms with van der Waals surface area (Å²) in [5, 5.41) is -0.212. The van der Waals surface area contributed by atoms with Gasteiger partial charge in [0.1, 0.15) is 23.0 Å². The summed E-state index contributed by atoms with van der Waals surface area (Å²) in [7, 11) is 2.02. The van der Waals surface area contributed by atoms with Crippen LogP contribution < -0.4 is 10.3 Å². The van der Waals surface area contributed by atoms with E-state index in [0.717, 1.165) is 26.3 Å². The van der Waals surface area contributed by atoms with Crippen molar-refractivity contribution < 1.29 is 31.8 Å². The Morgan fingerprint density at radius 3 is 2.52 bits per heavy atom. The maximum absolute atomic E-state index is 14.3. The Morgan fingerprint density at radius 2 is 1.96 bits per heavy atom. The summed E-state index contributed by atoms with van der Waals surface area (Å²) in [4.78, 5) is 27.1. The highest BCUT2D eigenvalue weighted by Crippen LogP contribution is 2.33. The quantitative estimate of drug-likeness (QED) is 0.574. The predicted molar refractivity (Wildman–Crippen MR) is 87.0 cm³/mol. The summed E-state index contributed by atoms with van der Waals surface area (Å²) in [6.07, 6.45) is -5.49. The van der Waals surface area contributed by atoms with Crippen molar-refractivity contribution in [2.24, 2.45) is 7.05 Å². The van der Waals surface area contributed by atoms with E-state index >= 15 is 0 Å². The first-order valence-corrected chi connectivity index (χ1v) is 7.72. The van der Waals surface area contributed by atoms with Gasteiger partial charge >= 0.3 is 12.1 Å². The Kier molecular flexibility index (Phi) is 5.79. The van der Waals surface area contributed by atoms with Crippen molar-refractivity contribution in [1.82, 2.24) is 9.55 Å². The molecule has 0 aliphatic rings. The minimum atomic E-state index is -4.80. The molecule has 1 aromatic heterocycles. The largest absolute Gasteiger partial charge is 0.477 e. The topological polar surface area (TPSA) is 70.4 Å². The summed E-state index contributed by atoms with van der Waals surface area (Å²) < 4.78 is 62.9. The predicted octanol–water partition coefficient (Wildman–Crippen LogP) is 3.20. The fourth-order valence-corrected chi connectivity index (χ4v) is 2.38. The van der Waals surface area contributed by atoms with Crippen LogP contribution >= 0.6 is 11.6 Å². The molecule has 0 spiro atoms. The van der Waals surface area contributed by atoms with Gasteiger partial charge in [0.15, 0.2) is 6.10 Å². The van der Waals surface area contributed by atoms with Gasteiger partial charge in [-0.25, -0.2) is 14.2 Å². The number of methoxy groups -OCH3 is 1. The maximum atomic E-state index is 14.3. The number of aromatic nitrogens is 2. The molecule has 11 heteroatoms. The minimum Gasteiger partial charge on any atom is -0.477 e. The van der Waals surface area contributed by atoms with Crippen molar-refractivity contribution >= 4 is 17.6 Å². The second-order valence-electron chi connectivity index (χ2n) is 5.40. The number of esters is 1. The van der Waals surface area contributed by atoms with Gasteiger partial charge in [-0.2, -0.15) is 13.2 Å². The maximum Gasteiger partial charge on any atom is 0.433 e. The molecule has 0 fully saturated rings. The molecule has 2 rings (SSSR count). The van der Waals surface area contributed by atoms with E-state index in [1.165, 1.54) is 6.92 Å². The Labute approximate surface area is 155 Å². The van der Waals surface area contributed by atoms with Crippen LogP contribution in [0.3, 0.4) is 0 Å². The van der Waals surface area contributed by atoms with Crippen molar-refractivity contribution in [3.8, 4) is 17.0 Å². The number of hydrogen-bond acceptors (Lipinski definition) is 5. The van der Waals surface area contributed by atoms with Crippen LogP contribution in [-0.2, 0) is 22.8 Å². The van der Waals surface area contributed by atoms with Crippen LogP contribution in [0, 0.1) is 5.82 Å². The zero-order valence-corrected chi connectivity index (χ0v) is 15.0. The van der Waals surface area contributed by atoms with Crippen molar-refractivity contribution in [1.29, 1.82) is 0 Å². The average Bonchev–Trinajstić information content (AvgIpc) is 2.58. The van der Waals surface area contributed by atoms with Crippen LogP contribution in [0.4, 0.5) is 17.6 Å². The van der Waals surface area contributed by atoms with Crippen LogP contribution in [0.5, 0.6) is 5.75 Å². The Balaban J connectivity index is 2.57. The van der Waals surface area contributed by atoms with E-state index in [2.05, 4.69) is 9.72 Å². The van der Waals surface area contributed by atoms with Crippen LogP contribution in [-0.4, -0.2) is 28.7 Å². The molecule has 0 N–H and O–H groups in total. The molecule has 27 heavy (non-hydrogen) atoms. The third kappa shape index (κ3) is 4.21. The number of alkyl halides is 3. The van der Waals surface area contributed by atoms with Gasteiger partial charge in [-0.05, 0) is 19.1 Å². The summed E-state index contributed by atoms with van der Waals surface area (Å²) in [6.45, 7) is 1.35. The molecule has 0 saturated carbocycles. The van der Waals surface area contributed by atoms with Gasteiger partial charge in [-0.3, -0.25) is 4.79 Å². The van der Waals surface area contributed by atoms with Crippen molar-refractivity contribution in [2.75, 3.05) is 7.11 Å². The lowest BCUT2D eigenvalue weighted by Crippen LogP contribution is -2.28. The first-order valence-electron chi connectivity index (χ1n) is 7.34. The smallest absolute Gasteiger partial charge is 0.433 e. The van der Waals surface area contributed by atoms with E-state index in [0.29, 0.717) is 10.8 Å². The van der Waals surface area contributed by atoms with Crippen molar-refractivity contribution in [2.45, 2.75) is 19.2 Å². The SMILES string of the molecule is COC(=O)C(C)Oc1cc(-c2ncc(C(F)(F)F)n(C)c2=O)c(F)cc1Cl. The number of nitrogens with zero attached hydrogens (tertiary/aromatic N) is 2. The van der Waals surface area contributed by atoms with Crippen LogP contribution in [0.15, 0.2) is 23.1 Å². The van der Waals surface area contributed by atoms with Crippen molar-refractivity contribution in [3.05, 3.63) is 45.2 Å². The lowest BCUT2D eigenvalue weighted by molar-refractivity contribution is -0.148. The first kappa shape index (κ1) is 20.7. The van der Waals surface area contributed by atoms with E-state index in [1.807, 2.05) is 0 Å². The summed E-state index contributed by atoms with van der Waals surface area (Å²) >= 11 is 5.87. The van der Waals surface area contributed by atoms with E-state index in [9.17, 15) is 27.2 Å². The number of carbonyl (C=O) groups excluding carboxylic acids is 1. The standard InChI is InChI=1S/C16H13ClF4N2O4/c1-7(15(25)26-3)27-11-4-8(10(18)5-9(11)17)13-14(24)23(2)12(6-22-13)16(19,20)21/h4-7H,1-3H3. The lowest BCUT2D eigenvalue weighted by Gasteiger charge is -2.16. The first-order chi connectivity index (χ1) is 12.5. The molecule has 1 unspecified atom stereocenters. The molecule has 6 nitrogen and oxygen atoms in total. The molecule has 1 heterocycles. The van der Waals surface area contributed by atoms with E-state index in [-0.39, 0.29) is 10.8 Å². The van der Waals surface area contributed by atoms with Crippen LogP contribution in [0.25, 0.3) is 11.3 Å². The Hall–Kier alpha value is -2.62. The number of ether oxygens (including phenoxy) is 2.